The lowest BCUT2D eigenvalue weighted by Gasteiger charge is -2.05. The zero-order valence-electron chi connectivity index (χ0n) is 11.5. The van der Waals surface area contributed by atoms with Crippen LogP contribution >= 0.6 is 11.8 Å². The summed E-state index contributed by atoms with van der Waals surface area (Å²) in [4.78, 5) is 4.69. The van der Waals surface area contributed by atoms with Gasteiger partial charge in [0.1, 0.15) is 0 Å². The molecule has 0 aliphatic carbocycles. The minimum Gasteiger partial charge on any atom is -0.425 e. The number of benzene rings is 1. The standard InChI is InChI=1S/C14H16N4OS/c1-3-8-18-12-7-5-4-6-11(12)15-14(18)20-9-13-17-16-10(2)19-13/h4-7H,3,8-9H2,1-2H3. The first-order valence-corrected chi connectivity index (χ1v) is 7.63. The fourth-order valence-electron chi connectivity index (χ4n) is 2.13. The van der Waals surface area contributed by atoms with Gasteiger partial charge in [-0.2, -0.15) is 0 Å². The second-order valence-corrected chi connectivity index (χ2v) is 5.48. The number of hydrogen-bond acceptors (Lipinski definition) is 5. The summed E-state index contributed by atoms with van der Waals surface area (Å²) in [6.45, 7) is 4.93. The van der Waals surface area contributed by atoms with Crippen molar-refractivity contribution in [2.24, 2.45) is 0 Å². The van der Waals surface area contributed by atoms with Gasteiger partial charge in [-0.25, -0.2) is 4.98 Å². The third kappa shape index (κ3) is 2.56. The van der Waals surface area contributed by atoms with Crippen molar-refractivity contribution in [3.63, 3.8) is 0 Å². The molecule has 104 valence electrons. The van der Waals surface area contributed by atoms with Gasteiger partial charge >= 0.3 is 0 Å². The quantitative estimate of drug-likeness (QED) is 0.673. The molecule has 0 N–H and O–H groups in total. The number of imidazole rings is 1. The molecule has 20 heavy (non-hydrogen) atoms. The van der Waals surface area contributed by atoms with Crippen LogP contribution in [0.1, 0.15) is 25.1 Å². The monoisotopic (exact) mass is 288 g/mol. The molecule has 0 unspecified atom stereocenters. The summed E-state index contributed by atoms with van der Waals surface area (Å²) in [6, 6.07) is 8.22. The number of thioether (sulfide) groups is 1. The molecule has 0 bridgehead atoms. The van der Waals surface area contributed by atoms with E-state index in [1.807, 2.05) is 18.2 Å². The highest BCUT2D eigenvalue weighted by molar-refractivity contribution is 7.98. The Morgan fingerprint density at radius 3 is 2.85 bits per heavy atom. The Balaban J connectivity index is 1.87. The van der Waals surface area contributed by atoms with Gasteiger partial charge in [-0.1, -0.05) is 30.8 Å². The van der Waals surface area contributed by atoms with Crippen LogP contribution in [0.15, 0.2) is 33.8 Å². The van der Waals surface area contributed by atoms with Gasteiger partial charge in [0.25, 0.3) is 0 Å². The molecule has 1 aromatic carbocycles. The lowest BCUT2D eigenvalue weighted by atomic mass is 10.3. The van der Waals surface area contributed by atoms with Gasteiger partial charge in [0, 0.05) is 13.5 Å². The Bertz CT molecular complexity index is 719. The van der Waals surface area contributed by atoms with Crippen LogP contribution in [0.5, 0.6) is 0 Å². The van der Waals surface area contributed by atoms with E-state index < -0.39 is 0 Å². The zero-order valence-corrected chi connectivity index (χ0v) is 12.4. The molecular formula is C14H16N4OS. The summed E-state index contributed by atoms with van der Waals surface area (Å²) < 4.78 is 7.65. The first-order chi connectivity index (χ1) is 9.78. The molecule has 0 atom stereocenters. The highest BCUT2D eigenvalue weighted by atomic mass is 32.2. The van der Waals surface area contributed by atoms with Crippen LogP contribution in [0.25, 0.3) is 11.0 Å². The summed E-state index contributed by atoms with van der Waals surface area (Å²) in [7, 11) is 0. The van der Waals surface area contributed by atoms with Crippen molar-refractivity contribution < 1.29 is 4.42 Å². The van der Waals surface area contributed by atoms with Crippen LogP contribution in [0.4, 0.5) is 0 Å². The molecule has 0 aliphatic rings. The normalized spacial score (nSPS) is 11.3. The Kier molecular flexibility index (Phi) is 3.73. The molecule has 2 heterocycles. The largest absolute Gasteiger partial charge is 0.425 e. The van der Waals surface area contributed by atoms with E-state index in [2.05, 4.69) is 32.7 Å². The predicted molar refractivity (Wildman–Crippen MR) is 78.6 cm³/mol. The number of fused-ring (bicyclic) bond motifs is 1. The van der Waals surface area contributed by atoms with Gasteiger partial charge in [0.2, 0.25) is 11.8 Å². The molecule has 0 spiro atoms. The van der Waals surface area contributed by atoms with E-state index in [0.29, 0.717) is 17.5 Å². The van der Waals surface area contributed by atoms with Crippen LogP contribution in [0.2, 0.25) is 0 Å². The van der Waals surface area contributed by atoms with E-state index in [1.54, 1.807) is 18.7 Å². The number of rotatable bonds is 5. The van der Waals surface area contributed by atoms with E-state index >= 15 is 0 Å². The Morgan fingerprint density at radius 1 is 1.25 bits per heavy atom. The van der Waals surface area contributed by atoms with Crippen molar-refractivity contribution in [1.82, 2.24) is 19.7 Å². The molecule has 0 saturated carbocycles. The lowest BCUT2D eigenvalue weighted by molar-refractivity contribution is 0.485. The Labute approximate surface area is 121 Å². The van der Waals surface area contributed by atoms with E-state index in [9.17, 15) is 0 Å². The SMILES string of the molecule is CCCn1c(SCc2nnc(C)o2)nc2ccccc21. The van der Waals surface area contributed by atoms with E-state index in [-0.39, 0.29) is 0 Å². The molecule has 3 aromatic rings. The van der Waals surface area contributed by atoms with Gasteiger partial charge < -0.3 is 8.98 Å². The fourth-order valence-corrected chi connectivity index (χ4v) is 3.00. The van der Waals surface area contributed by atoms with Crippen molar-refractivity contribution in [3.05, 3.63) is 36.0 Å². The van der Waals surface area contributed by atoms with Crippen LogP contribution in [-0.4, -0.2) is 19.7 Å². The minimum absolute atomic E-state index is 0.600. The third-order valence-corrected chi connectivity index (χ3v) is 3.92. The Morgan fingerprint density at radius 2 is 2.10 bits per heavy atom. The van der Waals surface area contributed by atoms with Crippen LogP contribution in [-0.2, 0) is 12.3 Å². The number of hydrogen-bond donors (Lipinski definition) is 0. The molecule has 0 aliphatic heterocycles. The summed E-state index contributed by atoms with van der Waals surface area (Å²) in [5.41, 5.74) is 2.21. The van der Waals surface area contributed by atoms with Crippen molar-refractivity contribution in [2.45, 2.75) is 37.7 Å². The molecular weight excluding hydrogens is 272 g/mol. The lowest BCUT2D eigenvalue weighted by Crippen LogP contribution is -1.98. The summed E-state index contributed by atoms with van der Waals surface area (Å²) in [6.07, 6.45) is 1.08. The van der Waals surface area contributed by atoms with E-state index in [1.165, 1.54) is 5.52 Å². The minimum atomic E-state index is 0.600. The predicted octanol–water partition coefficient (Wildman–Crippen LogP) is 3.43. The fraction of sp³-hybridized carbons (Fsp3) is 0.357. The highest BCUT2D eigenvalue weighted by Crippen LogP contribution is 2.26. The molecule has 3 rings (SSSR count). The second-order valence-electron chi connectivity index (χ2n) is 4.54. The van der Waals surface area contributed by atoms with Crippen molar-refractivity contribution in [2.75, 3.05) is 0 Å². The molecule has 0 fully saturated rings. The van der Waals surface area contributed by atoms with Crippen LogP contribution < -0.4 is 0 Å². The first kappa shape index (κ1) is 13.2. The third-order valence-electron chi connectivity index (χ3n) is 2.96. The van der Waals surface area contributed by atoms with Crippen LogP contribution in [0, 0.1) is 6.92 Å². The summed E-state index contributed by atoms with van der Waals surface area (Å²) in [5.74, 6) is 1.89. The van der Waals surface area contributed by atoms with Gasteiger partial charge in [0.05, 0.1) is 16.8 Å². The number of para-hydroxylation sites is 2. The molecule has 2 aromatic heterocycles. The molecule has 0 amide bonds. The molecule has 6 heteroatoms. The van der Waals surface area contributed by atoms with E-state index in [4.69, 9.17) is 4.42 Å². The average molecular weight is 288 g/mol. The maximum absolute atomic E-state index is 5.40. The maximum Gasteiger partial charge on any atom is 0.226 e. The summed E-state index contributed by atoms with van der Waals surface area (Å²) in [5, 5.41) is 8.86. The molecule has 0 radical (unpaired) electrons. The Hall–Kier alpha value is -1.82. The average Bonchev–Trinajstić information content (AvgIpc) is 3.02. The van der Waals surface area contributed by atoms with Crippen molar-refractivity contribution in [1.29, 1.82) is 0 Å². The second kappa shape index (κ2) is 5.66. The zero-order chi connectivity index (χ0) is 13.9. The highest BCUT2D eigenvalue weighted by Gasteiger charge is 2.12. The first-order valence-electron chi connectivity index (χ1n) is 6.65. The maximum atomic E-state index is 5.40. The molecule has 0 saturated heterocycles. The number of aryl methyl sites for hydroxylation is 2. The van der Waals surface area contributed by atoms with Crippen molar-refractivity contribution in [3.8, 4) is 0 Å². The van der Waals surface area contributed by atoms with Gasteiger partial charge in [0.15, 0.2) is 5.16 Å². The number of aromatic nitrogens is 4. The van der Waals surface area contributed by atoms with Gasteiger partial charge in [-0.15, -0.1) is 10.2 Å². The smallest absolute Gasteiger partial charge is 0.226 e. The molecule has 5 nitrogen and oxygen atoms in total. The summed E-state index contributed by atoms with van der Waals surface area (Å²) >= 11 is 1.63. The van der Waals surface area contributed by atoms with Gasteiger partial charge in [-0.05, 0) is 18.6 Å². The topological polar surface area (TPSA) is 56.7 Å². The number of nitrogens with zero attached hydrogens (tertiary/aromatic N) is 4. The van der Waals surface area contributed by atoms with E-state index in [0.717, 1.165) is 23.6 Å². The van der Waals surface area contributed by atoms with Crippen LogP contribution in [0.3, 0.4) is 0 Å². The van der Waals surface area contributed by atoms with Gasteiger partial charge in [-0.3, -0.25) is 0 Å². The van der Waals surface area contributed by atoms with Crippen molar-refractivity contribution >= 4 is 22.8 Å².